The molecule has 0 aliphatic heterocycles. The maximum atomic E-state index is 14.5. The van der Waals surface area contributed by atoms with Crippen LogP contribution in [0.25, 0.3) is 11.4 Å². The molecular weight excluding hydrogens is 367 g/mol. The zero-order valence-electron chi connectivity index (χ0n) is 14.4. The van der Waals surface area contributed by atoms with E-state index >= 15 is 0 Å². The predicted octanol–water partition coefficient (Wildman–Crippen LogP) is 3.17. The summed E-state index contributed by atoms with van der Waals surface area (Å²) in [4.78, 5) is 17.6. The van der Waals surface area contributed by atoms with Crippen molar-refractivity contribution in [1.29, 1.82) is 0 Å². The van der Waals surface area contributed by atoms with Crippen LogP contribution in [-0.2, 0) is 22.9 Å². The lowest BCUT2D eigenvalue weighted by Gasteiger charge is -2.20. The summed E-state index contributed by atoms with van der Waals surface area (Å²) in [6.07, 6.45) is 2.72. The van der Waals surface area contributed by atoms with E-state index in [0.717, 1.165) is 12.8 Å². The quantitative estimate of drug-likeness (QED) is 0.696. The highest BCUT2D eigenvalue weighted by Gasteiger charge is 2.29. The van der Waals surface area contributed by atoms with E-state index in [1.54, 1.807) is 24.3 Å². The molecule has 1 aliphatic carbocycles. The first-order valence-electron chi connectivity index (χ1n) is 8.70. The van der Waals surface area contributed by atoms with Crippen molar-refractivity contribution < 1.29 is 12.8 Å². The van der Waals surface area contributed by atoms with Gasteiger partial charge >= 0.3 is 0 Å². The van der Waals surface area contributed by atoms with E-state index in [4.69, 9.17) is 0 Å². The van der Waals surface area contributed by atoms with E-state index in [-0.39, 0.29) is 16.3 Å². The second-order valence-corrected chi connectivity index (χ2v) is 8.22. The van der Waals surface area contributed by atoms with Gasteiger partial charge in [-0.3, -0.25) is 4.79 Å². The van der Waals surface area contributed by atoms with Crippen LogP contribution in [0.5, 0.6) is 0 Å². The summed E-state index contributed by atoms with van der Waals surface area (Å²) in [6.45, 7) is 0. The summed E-state index contributed by atoms with van der Waals surface area (Å²) in [5, 5.41) is 0. The second-order valence-electron chi connectivity index (χ2n) is 6.44. The van der Waals surface area contributed by atoms with Crippen molar-refractivity contribution in [1.82, 2.24) is 8.96 Å². The number of hydrogen-bond donors (Lipinski definition) is 0. The van der Waals surface area contributed by atoms with Gasteiger partial charge < -0.3 is 0 Å². The molecule has 0 amide bonds. The molecule has 0 bridgehead atoms. The summed E-state index contributed by atoms with van der Waals surface area (Å²) < 4.78 is 41.6. The number of nitrogens with zero attached hydrogens (tertiary/aromatic N) is 2. The standard InChI is InChI=1S/C20H17FN2O3S/c21-17-12-6-4-10-15(17)19-22-18-13-7-5-11-16(18)20(24)23(19)27(25,26)14-8-2-1-3-9-14/h1-4,6,8-10,12H,5,7,11,13H2. The molecular formula is C20H17FN2O3S. The Hall–Kier alpha value is -2.80. The molecule has 0 saturated heterocycles. The fourth-order valence-electron chi connectivity index (χ4n) is 3.37. The Morgan fingerprint density at radius 3 is 2.33 bits per heavy atom. The fourth-order valence-corrected chi connectivity index (χ4v) is 4.78. The minimum absolute atomic E-state index is 0.0116. The van der Waals surface area contributed by atoms with Crippen molar-refractivity contribution in [2.45, 2.75) is 30.6 Å². The zero-order valence-corrected chi connectivity index (χ0v) is 15.2. The fraction of sp³-hybridized carbons (Fsp3) is 0.200. The molecule has 4 rings (SSSR count). The molecule has 138 valence electrons. The Kier molecular flexibility index (Phi) is 4.39. The Labute approximate surface area is 156 Å². The molecule has 0 saturated carbocycles. The molecule has 2 aromatic carbocycles. The summed E-state index contributed by atoms with van der Waals surface area (Å²) in [5.74, 6) is -0.806. The first-order chi connectivity index (χ1) is 13.0. The van der Waals surface area contributed by atoms with Crippen molar-refractivity contribution in [3.63, 3.8) is 0 Å². The third-order valence-corrected chi connectivity index (χ3v) is 6.40. The van der Waals surface area contributed by atoms with Gasteiger partial charge in [-0.2, -0.15) is 3.97 Å². The average Bonchev–Trinajstić information content (AvgIpc) is 2.69. The number of benzene rings is 2. The normalized spacial score (nSPS) is 14.0. The Morgan fingerprint density at radius 2 is 1.59 bits per heavy atom. The number of aromatic nitrogens is 2. The van der Waals surface area contributed by atoms with Crippen LogP contribution in [0.2, 0.25) is 0 Å². The molecule has 0 fully saturated rings. The van der Waals surface area contributed by atoms with Gasteiger partial charge in [0.1, 0.15) is 5.82 Å². The van der Waals surface area contributed by atoms with Gasteiger partial charge in [-0.15, -0.1) is 0 Å². The summed E-state index contributed by atoms with van der Waals surface area (Å²) in [7, 11) is -4.22. The smallest absolute Gasteiger partial charge is 0.268 e. The van der Waals surface area contributed by atoms with Gasteiger partial charge in [-0.25, -0.2) is 17.8 Å². The van der Waals surface area contributed by atoms with Crippen molar-refractivity contribution in [2.75, 3.05) is 0 Å². The Morgan fingerprint density at radius 1 is 0.926 bits per heavy atom. The van der Waals surface area contributed by atoms with Crippen LogP contribution in [0.15, 0.2) is 64.3 Å². The number of hydrogen-bond acceptors (Lipinski definition) is 4. The van der Waals surface area contributed by atoms with Crippen LogP contribution in [0, 0.1) is 5.82 Å². The number of aryl methyl sites for hydroxylation is 1. The van der Waals surface area contributed by atoms with Crippen molar-refractivity contribution in [2.24, 2.45) is 0 Å². The molecule has 1 aromatic heterocycles. The van der Waals surface area contributed by atoms with E-state index in [1.807, 2.05) is 0 Å². The SMILES string of the molecule is O=c1c2c(nc(-c3ccccc3F)n1S(=O)(=O)c1ccccc1)CCCC2. The molecule has 0 radical (unpaired) electrons. The third kappa shape index (κ3) is 2.98. The van der Waals surface area contributed by atoms with Gasteiger partial charge in [0, 0.05) is 5.56 Å². The van der Waals surface area contributed by atoms with Gasteiger partial charge in [0.05, 0.1) is 16.2 Å². The highest BCUT2D eigenvalue weighted by molar-refractivity contribution is 7.90. The highest BCUT2D eigenvalue weighted by Crippen LogP contribution is 2.26. The Balaban J connectivity index is 2.09. The van der Waals surface area contributed by atoms with Gasteiger partial charge in [0.25, 0.3) is 15.6 Å². The molecule has 0 spiro atoms. The van der Waals surface area contributed by atoms with E-state index in [9.17, 15) is 17.6 Å². The minimum atomic E-state index is -4.22. The maximum absolute atomic E-state index is 14.5. The summed E-state index contributed by atoms with van der Waals surface area (Å²) in [5.41, 5.74) is 0.314. The van der Waals surface area contributed by atoms with Crippen molar-refractivity contribution in [3.05, 3.63) is 82.0 Å². The van der Waals surface area contributed by atoms with Gasteiger partial charge in [-0.05, 0) is 49.9 Å². The second kappa shape index (κ2) is 6.74. The number of halogens is 1. The molecule has 0 atom stereocenters. The lowest BCUT2D eigenvalue weighted by Crippen LogP contribution is -2.35. The summed E-state index contributed by atoms with van der Waals surface area (Å²) in [6, 6.07) is 13.4. The third-order valence-electron chi connectivity index (χ3n) is 4.71. The highest BCUT2D eigenvalue weighted by atomic mass is 32.2. The van der Waals surface area contributed by atoms with E-state index in [2.05, 4.69) is 4.98 Å². The maximum Gasteiger partial charge on any atom is 0.272 e. The first-order valence-corrected chi connectivity index (χ1v) is 10.1. The topological polar surface area (TPSA) is 69.0 Å². The monoisotopic (exact) mass is 384 g/mol. The average molecular weight is 384 g/mol. The lowest BCUT2D eigenvalue weighted by atomic mass is 9.97. The number of fused-ring (bicyclic) bond motifs is 1. The first kappa shape index (κ1) is 17.6. The van der Waals surface area contributed by atoms with Crippen LogP contribution < -0.4 is 5.56 Å². The van der Waals surface area contributed by atoms with E-state index in [0.29, 0.717) is 28.1 Å². The lowest BCUT2D eigenvalue weighted by molar-refractivity contribution is 0.580. The van der Waals surface area contributed by atoms with Crippen LogP contribution in [-0.4, -0.2) is 17.4 Å². The van der Waals surface area contributed by atoms with Crippen molar-refractivity contribution in [3.8, 4) is 11.4 Å². The molecule has 1 aliphatic rings. The van der Waals surface area contributed by atoms with Gasteiger partial charge in [0.15, 0.2) is 5.82 Å². The van der Waals surface area contributed by atoms with Crippen LogP contribution in [0.3, 0.4) is 0 Å². The van der Waals surface area contributed by atoms with Crippen molar-refractivity contribution >= 4 is 10.0 Å². The molecule has 1 heterocycles. The molecule has 0 unspecified atom stereocenters. The predicted molar refractivity (Wildman–Crippen MR) is 99.6 cm³/mol. The Bertz CT molecular complexity index is 1170. The van der Waals surface area contributed by atoms with E-state index < -0.39 is 21.4 Å². The largest absolute Gasteiger partial charge is 0.272 e. The van der Waals surface area contributed by atoms with E-state index in [1.165, 1.54) is 30.3 Å². The molecule has 7 heteroatoms. The minimum Gasteiger partial charge on any atom is -0.268 e. The summed E-state index contributed by atoms with van der Waals surface area (Å²) >= 11 is 0. The zero-order chi connectivity index (χ0) is 19.0. The molecule has 0 N–H and O–H groups in total. The molecule has 27 heavy (non-hydrogen) atoms. The van der Waals surface area contributed by atoms with Crippen LogP contribution in [0.4, 0.5) is 4.39 Å². The molecule has 3 aromatic rings. The molecule has 5 nitrogen and oxygen atoms in total. The van der Waals surface area contributed by atoms with Crippen LogP contribution >= 0.6 is 0 Å². The van der Waals surface area contributed by atoms with Crippen LogP contribution in [0.1, 0.15) is 24.1 Å². The number of rotatable bonds is 3. The van der Waals surface area contributed by atoms with Gasteiger partial charge in [-0.1, -0.05) is 30.3 Å². The van der Waals surface area contributed by atoms with Gasteiger partial charge in [0.2, 0.25) is 0 Å².